The van der Waals surface area contributed by atoms with Crippen LogP contribution in [-0.2, 0) is 0 Å². The van der Waals surface area contributed by atoms with Crippen molar-refractivity contribution in [1.29, 1.82) is 0 Å². The van der Waals surface area contributed by atoms with E-state index in [1.165, 1.54) is 11.3 Å². The minimum absolute atomic E-state index is 0.154. The lowest BCUT2D eigenvalue weighted by molar-refractivity contribution is 0.403. The monoisotopic (exact) mass is 205 g/mol. The zero-order valence-corrected chi connectivity index (χ0v) is 9.92. The molecule has 1 aromatic rings. The Labute approximate surface area is 91.6 Å². The SMILES string of the molecule is COc1cccc2c1NC(C)(C)C[C@@H]2C. The number of ether oxygens (including phenoxy) is 1. The number of hydrogen-bond acceptors (Lipinski definition) is 2. The summed E-state index contributed by atoms with van der Waals surface area (Å²) in [7, 11) is 1.73. The maximum absolute atomic E-state index is 5.39. The molecule has 1 heterocycles. The zero-order chi connectivity index (χ0) is 11.1. The molecule has 2 heteroatoms. The van der Waals surface area contributed by atoms with Crippen molar-refractivity contribution >= 4 is 5.69 Å². The van der Waals surface area contributed by atoms with Crippen LogP contribution in [0.4, 0.5) is 5.69 Å². The van der Waals surface area contributed by atoms with Crippen LogP contribution >= 0.6 is 0 Å². The molecular weight excluding hydrogens is 186 g/mol. The van der Waals surface area contributed by atoms with Crippen molar-refractivity contribution in [2.45, 2.75) is 38.6 Å². The van der Waals surface area contributed by atoms with Crippen molar-refractivity contribution in [3.05, 3.63) is 23.8 Å². The highest BCUT2D eigenvalue weighted by molar-refractivity contribution is 5.66. The molecule has 0 fully saturated rings. The van der Waals surface area contributed by atoms with E-state index in [-0.39, 0.29) is 5.54 Å². The fourth-order valence-corrected chi connectivity index (χ4v) is 2.53. The Kier molecular flexibility index (Phi) is 2.37. The third-order valence-corrected chi connectivity index (χ3v) is 3.09. The van der Waals surface area contributed by atoms with Gasteiger partial charge in [-0.2, -0.15) is 0 Å². The number of rotatable bonds is 1. The third-order valence-electron chi connectivity index (χ3n) is 3.09. The molecule has 0 aromatic heterocycles. The molecule has 82 valence electrons. The Bertz CT molecular complexity index is 371. The summed E-state index contributed by atoms with van der Waals surface area (Å²) < 4.78 is 5.39. The molecule has 2 nitrogen and oxygen atoms in total. The summed E-state index contributed by atoms with van der Waals surface area (Å²) >= 11 is 0. The van der Waals surface area contributed by atoms with Crippen molar-refractivity contribution in [3.63, 3.8) is 0 Å². The van der Waals surface area contributed by atoms with E-state index in [4.69, 9.17) is 4.74 Å². The van der Waals surface area contributed by atoms with E-state index in [0.29, 0.717) is 5.92 Å². The van der Waals surface area contributed by atoms with Crippen molar-refractivity contribution in [2.75, 3.05) is 12.4 Å². The van der Waals surface area contributed by atoms with Crippen LogP contribution in [0.1, 0.15) is 38.7 Å². The lowest BCUT2D eigenvalue weighted by Crippen LogP contribution is -2.36. The van der Waals surface area contributed by atoms with Gasteiger partial charge in [-0.05, 0) is 37.8 Å². The van der Waals surface area contributed by atoms with Gasteiger partial charge in [-0.3, -0.25) is 0 Å². The number of hydrogen-bond donors (Lipinski definition) is 1. The van der Waals surface area contributed by atoms with Crippen LogP contribution in [0.15, 0.2) is 18.2 Å². The second-order valence-electron chi connectivity index (χ2n) is 5.04. The fourth-order valence-electron chi connectivity index (χ4n) is 2.53. The topological polar surface area (TPSA) is 21.3 Å². The lowest BCUT2D eigenvalue weighted by Gasteiger charge is -2.38. The van der Waals surface area contributed by atoms with E-state index in [1.807, 2.05) is 6.07 Å². The Hall–Kier alpha value is -1.18. The van der Waals surface area contributed by atoms with E-state index in [2.05, 4.69) is 38.2 Å². The second-order valence-corrected chi connectivity index (χ2v) is 5.04. The molecule has 1 N–H and O–H groups in total. The third kappa shape index (κ3) is 1.81. The molecule has 15 heavy (non-hydrogen) atoms. The van der Waals surface area contributed by atoms with Gasteiger partial charge in [0.05, 0.1) is 12.8 Å². The summed E-state index contributed by atoms with van der Waals surface area (Å²) in [5, 5.41) is 3.56. The quantitative estimate of drug-likeness (QED) is 0.758. The van der Waals surface area contributed by atoms with Gasteiger partial charge in [0.2, 0.25) is 0 Å². The molecule has 1 aromatic carbocycles. The first kappa shape index (κ1) is 10.3. The van der Waals surface area contributed by atoms with Gasteiger partial charge in [0.25, 0.3) is 0 Å². The maximum atomic E-state index is 5.39. The molecule has 0 bridgehead atoms. The molecule has 1 aliphatic rings. The highest BCUT2D eigenvalue weighted by Crippen LogP contribution is 2.42. The molecule has 0 aliphatic carbocycles. The highest BCUT2D eigenvalue weighted by Gasteiger charge is 2.30. The largest absolute Gasteiger partial charge is 0.495 e. The second kappa shape index (κ2) is 3.44. The summed E-state index contributed by atoms with van der Waals surface area (Å²) in [6, 6.07) is 6.26. The predicted octanol–water partition coefficient (Wildman–Crippen LogP) is 3.39. The summed E-state index contributed by atoms with van der Waals surface area (Å²) in [6.45, 7) is 6.75. The Morgan fingerprint density at radius 2 is 2.13 bits per heavy atom. The molecule has 1 aliphatic heterocycles. The molecule has 1 atom stereocenters. The Morgan fingerprint density at radius 1 is 1.40 bits per heavy atom. The Morgan fingerprint density at radius 3 is 2.80 bits per heavy atom. The van der Waals surface area contributed by atoms with E-state index in [9.17, 15) is 0 Å². The van der Waals surface area contributed by atoms with Crippen molar-refractivity contribution in [3.8, 4) is 5.75 Å². The van der Waals surface area contributed by atoms with Crippen LogP contribution in [0, 0.1) is 0 Å². The van der Waals surface area contributed by atoms with Crippen LogP contribution in [-0.4, -0.2) is 12.6 Å². The van der Waals surface area contributed by atoms with Gasteiger partial charge < -0.3 is 10.1 Å². The predicted molar refractivity (Wildman–Crippen MR) is 63.7 cm³/mol. The van der Waals surface area contributed by atoms with E-state index >= 15 is 0 Å². The van der Waals surface area contributed by atoms with E-state index in [1.54, 1.807) is 7.11 Å². The number of para-hydroxylation sites is 1. The first-order valence-corrected chi connectivity index (χ1v) is 5.48. The fraction of sp³-hybridized carbons (Fsp3) is 0.538. The maximum Gasteiger partial charge on any atom is 0.142 e. The summed E-state index contributed by atoms with van der Waals surface area (Å²) in [5.41, 5.74) is 2.69. The minimum Gasteiger partial charge on any atom is -0.495 e. The van der Waals surface area contributed by atoms with E-state index in [0.717, 1.165) is 12.2 Å². The standard InChI is InChI=1S/C13H19NO/c1-9-8-13(2,3)14-12-10(9)6-5-7-11(12)15-4/h5-7,9,14H,8H2,1-4H3/t9-/m0/s1. The van der Waals surface area contributed by atoms with Crippen molar-refractivity contribution < 1.29 is 4.74 Å². The van der Waals surface area contributed by atoms with Crippen LogP contribution in [0.25, 0.3) is 0 Å². The smallest absolute Gasteiger partial charge is 0.142 e. The van der Waals surface area contributed by atoms with Gasteiger partial charge in [0.15, 0.2) is 0 Å². The molecule has 0 radical (unpaired) electrons. The number of methoxy groups -OCH3 is 1. The highest BCUT2D eigenvalue weighted by atomic mass is 16.5. The van der Waals surface area contributed by atoms with Crippen LogP contribution in [0.5, 0.6) is 5.75 Å². The first-order valence-electron chi connectivity index (χ1n) is 5.48. The van der Waals surface area contributed by atoms with Gasteiger partial charge >= 0.3 is 0 Å². The van der Waals surface area contributed by atoms with Gasteiger partial charge in [0.1, 0.15) is 5.75 Å². The average Bonchev–Trinajstić information content (AvgIpc) is 2.15. The van der Waals surface area contributed by atoms with Gasteiger partial charge in [-0.15, -0.1) is 0 Å². The molecule has 0 saturated heterocycles. The zero-order valence-electron chi connectivity index (χ0n) is 9.92. The van der Waals surface area contributed by atoms with Gasteiger partial charge in [-0.1, -0.05) is 19.1 Å². The van der Waals surface area contributed by atoms with Crippen molar-refractivity contribution in [2.24, 2.45) is 0 Å². The summed E-state index contributed by atoms with van der Waals surface area (Å²) in [4.78, 5) is 0. The molecule has 0 spiro atoms. The first-order chi connectivity index (χ1) is 7.03. The van der Waals surface area contributed by atoms with E-state index < -0.39 is 0 Å². The van der Waals surface area contributed by atoms with Crippen molar-refractivity contribution in [1.82, 2.24) is 0 Å². The summed E-state index contributed by atoms with van der Waals surface area (Å²) in [6.07, 6.45) is 1.16. The Balaban J connectivity index is 2.50. The molecule has 0 unspecified atom stereocenters. The number of benzene rings is 1. The lowest BCUT2D eigenvalue weighted by atomic mass is 9.82. The van der Waals surface area contributed by atoms with Gasteiger partial charge in [-0.25, -0.2) is 0 Å². The average molecular weight is 205 g/mol. The van der Waals surface area contributed by atoms with Gasteiger partial charge in [0, 0.05) is 5.54 Å². The normalized spacial score (nSPS) is 22.8. The van der Waals surface area contributed by atoms with Crippen LogP contribution < -0.4 is 10.1 Å². The molecule has 0 amide bonds. The minimum atomic E-state index is 0.154. The molecule has 0 saturated carbocycles. The van der Waals surface area contributed by atoms with Crippen LogP contribution in [0.3, 0.4) is 0 Å². The van der Waals surface area contributed by atoms with Crippen LogP contribution in [0.2, 0.25) is 0 Å². The summed E-state index contributed by atoms with van der Waals surface area (Å²) in [5.74, 6) is 1.54. The number of nitrogens with one attached hydrogen (secondary N) is 1. The molecular formula is C13H19NO. The number of fused-ring (bicyclic) bond motifs is 1. The number of anilines is 1. The molecule has 2 rings (SSSR count).